The van der Waals surface area contributed by atoms with Crippen LogP contribution < -0.4 is 4.90 Å². The van der Waals surface area contributed by atoms with Crippen molar-refractivity contribution in [1.29, 1.82) is 0 Å². The van der Waals surface area contributed by atoms with Crippen LogP contribution >= 0.6 is 0 Å². The highest BCUT2D eigenvalue weighted by molar-refractivity contribution is 7.90. The van der Waals surface area contributed by atoms with Crippen molar-refractivity contribution in [1.82, 2.24) is 4.31 Å². The van der Waals surface area contributed by atoms with Gasteiger partial charge in [0.1, 0.15) is 0 Å². The van der Waals surface area contributed by atoms with Crippen molar-refractivity contribution in [3.8, 4) is 0 Å². The molecule has 0 spiro atoms. The maximum Gasteiger partial charge on any atom is 0.258 e. The van der Waals surface area contributed by atoms with Crippen molar-refractivity contribution in [2.24, 2.45) is 11.8 Å². The summed E-state index contributed by atoms with van der Waals surface area (Å²) >= 11 is 0. The van der Waals surface area contributed by atoms with Crippen molar-refractivity contribution < 1.29 is 21.6 Å². The van der Waals surface area contributed by atoms with E-state index in [2.05, 4.69) is 13.8 Å². The van der Waals surface area contributed by atoms with Crippen LogP contribution in [-0.4, -0.2) is 53.4 Å². The lowest BCUT2D eigenvalue weighted by Gasteiger charge is -2.34. The number of sulfone groups is 1. The average molecular weight is 465 g/mol. The fraction of sp³-hybridized carbons (Fsp3) is 0.409. The average Bonchev–Trinajstić information content (AvgIpc) is 2.71. The Hall–Kier alpha value is -2.23. The number of piperidine rings is 1. The zero-order chi connectivity index (χ0) is 23.0. The Labute approximate surface area is 184 Å². The number of carbonyl (C=O) groups excluding carboxylic acids is 1. The Balaban J connectivity index is 1.78. The van der Waals surface area contributed by atoms with Crippen LogP contribution in [0.3, 0.4) is 0 Å². The molecule has 7 nitrogen and oxygen atoms in total. The molecule has 168 valence electrons. The first-order chi connectivity index (χ1) is 14.4. The van der Waals surface area contributed by atoms with Crippen LogP contribution in [0.4, 0.5) is 5.69 Å². The van der Waals surface area contributed by atoms with Gasteiger partial charge in [-0.2, -0.15) is 4.31 Å². The van der Waals surface area contributed by atoms with Crippen molar-refractivity contribution in [3.63, 3.8) is 0 Å². The lowest BCUT2D eigenvalue weighted by Crippen LogP contribution is -2.42. The molecule has 3 rings (SSSR count). The first-order valence-electron chi connectivity index (χ1n) is 10.1. The summed E-state index contributed by atoms with van der Waals surface area (Å²) < 4.78 is 50.7. The number of rotatable bonds is 5. The van der Waals surface area contributed by atoms with Gasteiger partial charge in [0.15, 0.2) is 9.84 Å². The van der Waals surface area contributed by atoms with Crippen molar-refractivity contribution in [3.05, 3.63) is 54.1 Å². The molecule has 0 bridgehead atoms. The first kappa shape index (κ1) is 23.4. The third-order valence-corrected chi connectivity index (χ3v) is 8.51. The van der Waals surface area contributed by atoms with Crippen LogP contribution in [0.1, 0.15) is 30.6 Å². The van der Waals surface area contributed by atoms with Gasteiger partial charge in [-0.3, -0.25) is 4.79 Å². The normalized spacial score (nSPS) is 20.4. The second-order valence-electron chi connectivity index (χ2n) is 8.42. The Morgan fingerprint density at radius 3 is 1.84 bits per heavy atom. The van der Waals surface area contributed by atoms with E-state index in [9.17, 15) is 21.6 Å². The zero-order valence-electron chi connectivity index (χ0n) is 18.1. The summed E-state index contributed by atoms with van der Waals surface area (Å²) in [6.45, 7) is 5.11. The molecule has 31 heavy (non-hydrogen) atoms. The van der Waals surface area contributed by atoms with E-state index in [1.54, 1.807) is 19.2 Å². The molecule has 1 aliphatic rings. The maximum atomic E-state index is 13.0. The van der Waals surface area contributed by atoms with E-state index >= 15 is 0 Å². The van der Waals surface area contributed by atoms with Gasteiger partial charge in [-0.1, -0.05) is 13.8 Å². The van der Waals surface area contributed by atoms with Gasteiger partial charge in [-0.05, 0) is 66.8 Å². The molecule has 1 saturated heterocycles. The quantitative estimate of drug-likeness (QED) is 0.678. The van der Waals surface area contributed by atoms with E-state index in [0.717, 1.165) is 12.7 Å². The third kappa shape index (κ3) is 5.16. The highest BCUT2D eigenvalue weighted by Gasteiger charge is 2.31. The van der Waals surface area contributed by atoms with Gasteiger partial charge >= 0.3 is 0 Å². The third-order valence-electron chi connectivity index (χ3n) is 5.53. The predicted molar refractivity (Wildman–Crippen MR) is 120 cm³/mol. The number of anilines is 1. The summed E-state index contributed by atoms with van der Waals surface area (Å²) in [7, 11) is -5.34. The van der Waals surface area contributed by atoms with Crippen molar-refractivity contribution >= 4 is 31.5 Å². The maximum absolute atomic E-state index is 13.0. The molecule has 2 atom stereocenters. The van der Waals surface area contributed by atoms with Crippen LogP contribution in [-0.2, 0) is 19.9 Å². The molecule has 1 amide bonds. The summed E-state index contributed by atoms with van der Waals surface area (Å²) in [5.41, 5.74) is 0.874. The van der Waals surface area contributed by atoms with E-state index in [0.29, 0.717) is 36.2 Å². The fourth-order valence-corrected chi connectivity index (χ4v) is 6.26. The highest BCUT2D eigenvalue weighted by Crippen LogP contribution is 2.27. The minimum absolute atomic E-state index is 0.172. The summed E-state index contributed by atoms with van der Waals surface area (Å²) in [6, 6.07) is 12.0. The molecular formula is C22H28N2O5S2. The Bertz CT molecular complexity index is 1150. The Morgan fingerprint density at radius 2 is 1.35 bits per heavy atom. The van der Waals surface area contributed by atoms with Crippen LogP contribution in [0, 0.1) is 11.8 Å². The number of sulfonamides is 1. The molecule has 0 N–H and O–H groups in total. The van der Waals surface area contributed by atoms with E-state index in [4.69, 9.17) is 0 Å². The van der Waals surface area contributed by atoms with E-state index in [1.165, 1.54) is 45.6 Å². The van der Waals surface area contributed by atoms with Gasteiger partial charge in [0, 0.05) is 37.6 Å². The number of hydrogen-bond donors (Lipinski definition) is 0. The van der Waals surface area contributed by atoms with E-state index in [-0.39, 0.29) is 15.7 Å². The molecule has 0 saturated carbocycles. The van der Waals surface area contributed by atoms with Gasteiger partial charge in [-0.15, -0.1) is 0 Å². The van der Waals surface area contributed by atoms with Crippen LogP contribution in [0.2, 0.25) is 0 Å². The van der Waals surface area contributed by atoms with E-state index < -0.39 is 19.9 Å². The van der Waals surface area contributed by atoms with Crippen LogP contribution in [0.15, 0.2) is 58.3 Å². The second-order valence-corrected chi connectivity index (χ2v) is 12.4. The second kappa shape index (κ2) is 8.72. The standard InChI is InChI=1S/C22H28N2O5S2/c1-16-13-17(2)15-24(14-16)31(28,29)21-9-5-18(6-10-21)22(25)23(3)19-7-11-20(12-8-19)30(4,26)27/h5-12,16-17H,13-15H2,1-4H3. The SMILES string of the molecule is CC1CC(C)CN(S(=O)(=O)c2ccc(C(=O)N(C)c3ccc(S(C)(=O)=O)cc3)cc2)C1. The predicted octanol–water partition coefficient (Wildman–Crippen LogP) is 3.03. The monoisotopic (exact) mass is 464 g/mol. The highest BCUT2D eigenvalue weighted by atomic mass is 32.2. The smallest absolute Gasteiger partial charge is 0.258 e. The topological polar surface area (TPSA) is 91.8 Å². The molecule has 2 aromatic rings. The number of carbonyl (C=O) groups is 1. The minimum Gasteiger partial charge on any atom is -0.311 e. The van der Waals surface area contributed by atoms with Gasteiger partial charge in [0.25, 0.3) is 5.91 Å². The van der Waals surface area contributed by atoms with Gasteiger partial charge in [0.05, 0.1) is 9.79 Å². The largest absolute Gasteiger partial charge is 0.311 e. The van der Waals surface area contributed by atoms with Gasteiger partial charge in [0.2, 0.25) is 10.0 Å². The van der Waals surface area contributed by atoms with Crippen LogP contribution in [0.5, 0.6) is 0 Å². The summed E-state index contributed by atoms with van der Waals surface area (Å²) in [5.74, 6) is 0.292. The fourth-order valence-electron chi connectivity index (χ4n) is 3.95. The molecule has 2 aromatic carbocycles. The van der Waals surface area contributed by atoms with Gasteiger partial charge < -0.3 is 4.90 Å². The number of hydrogen-bond acceptors (Lipinski definition) is 5. The first-order valence-corrected chi connectivity index (χ1v) is 13.4. The van der Waals surface area contributed by atoms with Crippen LogP contribution in [0.25, 0.3) is 0 Å². The molecule has 9 heteroatoms. The summed E-state index contributed by atoms with van der Waals surface area (Å²) in [5, 5.41) is 0. The molecule has 1 heterocycles. The van der Waals surface area contributed by atoms with E-state index in [1.807, 2.05) is 0 Å². The zero-order valence-corrected chi connectivity index (χ0v) is 19.8. The number of amides is 1. The summed E-state index contributed by atoms with van der Waals surface area (Å²) in [6.07, 6.45) is 2.13. The molecular weight excluding hydrogens is 436 g/mol. The molecule has 2 unspecified atom stereocenters. The lowest BCUT2D eigenvalue weighted by molar-refractivity contribution is 0.0993. The van der Waals surface area contributed by atoms with Crippen molar-refractivity contribution in [2.45, 2.75) is 30.1 Å². The minimum atomic E-state index is -3.61. The van der Waals surface area contributed by atoms with Gasteiger partial charge in [-0.25, -0.2) is 16.8 Å². The molecule has 0 radical (unpaired) electrons. The molecule has 1 fully saturated rings. The van der Waals surface area contributed by atoms with Crippen molar-refractivity contribution in [2.75, 3.05) is 31.3 Å². The Kier molecular flexibility index (Phi) is 6.59. The Morgan fingerprint density at radius 1 is 0.871 bits per heavy atom. The molecule has 1 aliphatic heterocycles. The summed E-state index contributed by atoms with van der Waals surface area (Å²) in [4.78, 5) is 14.6. The number of benzene rings is 2. The lowest BCUT2D eigenvalue weighted by atomic mass is 9.94. The molecule has 0 aromatic heterocycles. The molecule has 0 aliphatic carbocycles. The number of nitrogens with zero attached hydrogens (tertiary/aromatic N) is 2.